The Hall–Kier alpha value is -0.270. The maximum Gasteiger partial charge on any atom is 0.127 e. The molecule has 3 heteroatoms. The zero-order valence-corrected chi connectivity index (χ0v) is 9.74. The minimum atomic E-state index is -0.248. The summed E-state index contributed by atoms with van der Waals surface area (Å²) in [5.41, 5.74) is 0.564. The molecular weight excluding hydrogens is 222 g/mol. The first-order valence-corrected chi connectivity index (χ1v) is 5.40. The number of rotatable bonds is 3. The molecule has 14 heavy (non-hydrogen) atoms. The third-order valence-electron chi connectivity index (χ3n) is 2.37. The molecular formula is C11H13Cl2F. The first-order valence-electron chi connectivity index (χ1n) is 4.59. The Labute approximate surface area is 94.0 Å². The summed E-state index contributed by atoms with van der Waals surface area (Å²) in [4.78, 5) is 0. The molecule has 0 N–H and O–H groups in total. The molecule has 0 heterocycles. The largest absolute Gasteiger partial charge is 0.207 e. The molecule has 0 saturated heterocycles. The van der Waals surface area contributed by atoms with E-state index in [9.17, 15) is 4.39 Å². The van der Waals surface area contributed by atoms with Crippen molar-refractivity contribution >= 4 is 23.2 Å². The van der Waals surface area contributed by atoms with E-state index in [-0.39, 0.29) is 17.1 Å². The lowest BCUT2D eigenvalue weighted by molar-refractivity contribution is 0.537. The normalized spacial score (nSPS) is 15.2. The van der Waals surface area contributed by atoms with E-state index in [1.807, 2.05) is 13.8 Å². The van der Waals surface area contributed by atoms with Crippen molar-refractivity contribution in [3.8, 4) is 0 Å². The first kappa shape index (κ1) is 11.8. The van der Waals surface area contributed by atoms with E-state index in [1.165, 1.54) is 6.07 Å². The highest BCUT2D eigenvalue weighted by molar-refractivity contribution is 6.31. The van der Waals surface area contributed by atoms with Crippen LogP contribution in [0.3, 0.4) is 0 Å². The van der Waals surface area contributed by atoms with E-state index in [1.54, 1.807) is 12.1 Å². The van der Waals surface area contributed by atoms with Gasteiger partial charge >= 0.3 is 0 Å². The van der Waals surface area contributed by atoms with Gasteiger partial charge in [0, 0.05) is 16.0 Å². The fraction of sp³-hybridized carbons (Fsp3) is 0.455. The Kier molecular flexibility index (Phi) is 4.21. The smallest absolute Gasteiger partial charge is 0.127 e. The summed E-state index contributed by atoms with van der Waals surface area (Å²) in [5, 5.41) is 0.500. The molecule has 78 valence electrons. The van der Waals surface area contributed by atoms with Crippen LogP contribution in [0.1, 0.15) is 19.4 Å². The van der Waals surface area contributed by atoms with Crippen molar-refractivity contribution in [2.45, 2.75) is 25.6 Å². The van der Waals surface area contributed by atoms with Gasteiger partial charge in [-0.2, -0.15) is 0 Å². The quantitative estimate of drug-likeness (QED) is 0.685. The lowest BCUT2D eigenvalue weighted by atomic mass is 9.98. The second kappa shape index (κ2) is 4.99. The molecule has 0 aromatic heterocycles. The van der Waals surface area contributed by atoms with Gasteiger partial charge in [-0.15, -0.1) is 11.6 Å². The fourth-order valence-corrected chi connectivity index (χ4v) is 1.54. The topological polar surface area (TPSA) is 0 Å². The molecule has 0 saturated carbocycles. The van der Waals surface area contributed by atoms with Crippen LogP contribution < -0.4 is 0 Å². The van der Waals surface area contributed by atoms with Gasteiger partial charge in [-0.3, -0.25) is 0 Å². The summed E-state index contributed by atoms with van der Waals surface area (Å²) in [7, 11) is 0. The van der Waals surface area contributed by atoms with Crippen LogP contribution in [0.4, 0.5) is 4.39 Å². The van der Waals surface area contributed by atoms with Crippen LogP contribution in [0, 0.1) is 11.7 Å². The summed E-state index contributed by atoms with van der Waals surface area (Å²) in [5.74, 6) is -0.0345. The average molecular weight is 235 g/mol. The molecule has 0 amide bonds. The second-order valence-corrected chi connectivity index (χ2v) is 4.65. The van der Waals surface area contributed by atoms with Crippen molar-refractivity contribution in [3.63, 3.8) is 0 Å². The molecule has 0 bridgehead atoms. The van der Waals surface area contributed by atoms with E-state index in [0.29, 0.717) is 17.0 Å². The minimum absolute atomic E-state index is 0.0191. The van der Waals surface area contributed by atoms with Gasteiger partial charge < -0.3 is 0 Å². The Morgan fingerprint density at radius 3 is 2.50 bits per heavy atom. The SMILES string of the molecule is CC(Cl)C(C)Cc1c(F)cccc1Cl. The Morgan fingerprint density at radius 2 is 2.00 bits per heavy atom. The Balaban J connectivity index is 2.85. The third-order valence-corrected chi connectivity index (χ3v) is 3.16. The zero-order valence-electron chi connectivity index (χ0n) is 8.23. The van der Waals surface area contributed by atoms with E-state index in [4.69, 9.17) is 23.2 Å². The molecule has 0 fully saturated rings. The lowest BCUT2D eigenvalue weighted by Gasteiger charge is -2.14. The number of hydrogen-bond donors (Lipinski definition) is 0. The van der Waals surface area contributed by atoms with Crippen LogP contribution in [0.2, 0.25) is 5.02 Å². The molecule has 0 aliphatic carbocycles. The second-order valence-electron chi connectivity index (χ2n) is 3.56. The van der Waals surface area contributed by atoms with Crippen LogP contribution in [-0.2, 0) is 6.42 Å². The maximum atomic E-state index is 13.3. The summed E-state index contributed by atoms with van der Waals surface area (Å²) in [6, 6.07) is 4.73. The minimum Gasteiger partial charge on any atom is -0.207 e. The third kappa shape index (κ3) is 2.86. The van der Waals surface area contributed by atoms with Crippen molar-refractivity contribution in [1.82, 2.24) is 0 Å². The van der Waals surface area contributed by atoms with Crippen LogP contribution in [0.15, 0.2) is 18.2 Å². The molecule has 0 nitrogen and oxygen atoms in total. The van der Waals surface area contributed by atoms with Gasteiger partial charge in [0.05, 0.1) is 0 Å². The van der Waals surface area contributed by atoms with Crippen molar-refractivity contribution in [2.75, 3.05) is 0 Å². The van der Waals surface area contributed by atoms with Gasteiger partial charge in [-0.25, -0.2) is 4.39 Å². The number of halogens is 3. The monoisotopic (exact) mass is 234 g/mol. The van der Waals surface area contributed by atoms with Crippen molar-refractivity contribution in [3.05, 3.63) is 34.6 Å². The van der Waals surface area contributed by atoms with Crippen molar-refractivity contribution < 1.29 is 4.39 Å². The Bertz CT molecular complexity index is 290. The highest BCUT2D eigenvalue weighted by atomic mass is 35.5. The van der Waals surface area contributed by atoms with E-state index >= 15 is 0 Å². The molecule has 0 radical (unpaired) electrons. The van der Waals surface area contributed by atoms with Gasteiger partial charge in [0.2, 0.25) is 0 Å². The molecule has 1 aromatic carbocycles. The average Bonchev–Trinajstić information content (AvgIpc) is 2.11. The fourth-order valence-electron chi connectivity index (χ4n) is 1.21. The summed E-state index contributed by atoms with van der Waals surface area (Å²) >= 11 is 11.8. The number of benzene rings is 1. The molecule has 0 aliphatic rings. The lowest BCUT2D eigenvalue weighted by Crippen LogP contribution is -2.11. The van der Waals surface area contributed by atoms with Gasteiger partial charge in [-0.1, -0.05) is 24.6 Å². The summed E-state index contributed by atoms with van der Waals surface area (Å²) in [6.07, 6.45) is 0.580. The predicted octanol–water partition coefficient (Wildman–Crippen LogP) is 4.29. The van der Waals surface area contributed by atoms with Gasteiger partial charge in [0.1, 0.15) is 5.82 Å². The molecule has 2 atom stereocenters. The molecule has 0 aliphatic heterocycles. The maximum absolute atomic E-state index is 13.3. The van der Waals surface area contributed by atoms with Crippen LogP contribution in [0.5, 0.6) is 0 Å². The van der Waals surface area contributed by atoms with E-state index < -0.39 is 0 Å². The van der Waals surface area contributed by atoms with Crippen LogP contribution in [-0.4, -0.2) is 5.38 Å². The van der Waals surface area contributed by atoms with Gasteiger partial charge in [0.25, 0.3) is 0 Å². The van der Waals surface area contributed by atoms with Crippen LogP contribution in [0.25, 0.3) is 0 Å². The number of hydrogen-bond acceptors (Lipinski definition) is 0. The molecule has 1 aromatic rings. The molecule has 1 rings (SSSR count). The highest BCUT2D eigenvalue weighted by Gasteiger charge is 2.14. The van der Waals surface area contributed by atoms with E-state index in [2.05, 4.69) is 0 Å². The summed E-state index contributed by atoms with van der Waals surface area (Å²) in [6.45, 7) is 3.89. The zero-order chi connectivity index (χ0) is 10.7. The number of alkyl halides is 1. The molecule has 0 spiro atoms. The molecule has 2 unspecified atom stereocenters. The van der Waals surface area contributed by atoms with E-state index in [0.717, 1.165) is 0 Å². The Morgan fingerprint density at radius 1 is 1.36 bits per heavy atom. The predicted molar refractivity (Wildman–Crippen MR) is 59.6 cm³/mol. The van der Waals surface area contributed by atoms with Gasteiger partial charge in [-0.05, 0) is 31.4 Å². The first-order chi connectivity index (χ1) is 6.52. The standard InChI is InChI=1S/C11H13Cl2F/c1-7(8(2)12)6-9-10(13)4-3-5-11(9)14/h3-5,7-8H,6H2,1-2H3. The highest BCUT2D eigenvalue weighted by Crippen LogP contribution is 2.24. The van der Waals surface area contributed by atoms with Crippen molar-refractivity contribution in [2.24, 2.45) is 5.92 Å². The summed E-state index contributed by atoms with van der Waals surface area (Å²) < 4.78 is 13.3. The van der Waals surface area contributed by atoms with Crippen molar-refractivity contribution in [1.29, 1.82) is 0 Å². The van der Waals surface area contributed by atoms with Crippen LogP contribution >= 0.6 is 23.2 Å². The van der Waals surface area contributed by atoms with Gasteiger partial charge in [0.15, 0.2) is 0 Å².